The summed E-state index contributed by atoms with van der Waals surface area (Å²) in [4.78, 5) is 38.3. The lowest BCUT2D eigenvalue weighted by Crippen LogP contribution is -2.32. The number of amides is 3. The van der Waals surface area contributed by atoms with Crippen molar-refractivity contribution < 1.29 is 27.0 Å². The van der Waals surface area contributed by atoms with E-state index in [0.29, 0.717) is 11.4 Å². The van der Waals surface area contributed by atoms with Gasteiger partial charge in [0.25, 0.3) is 0 Å². The summed E-state index contributed by atoms with van der Waals surface area (Å²) in [5.41, 5.74) is 0.784. The van der Waals surface area contributed by atoms with Gasteiger partial charge in [0.2, 0.25) is 17.7 Å². The van der Waals surface area contributed by atoms with E-state index in [0.717, 1.165) is 19.3 Å². The van der Waals surface area contributed by atoms with Crippen LogP contribution < -0.4 is 14.4 Å². The zero-order chi connectivity index (χ0) is 22.6. The first-order valence-electron chi connectivity index (χ1n) is 10.5. The summed E-state index contributed by atoms with van der Waals surface area (Å²) in [6.45, 7) is 1.36. The highest BCUT2D eigenvalue weighted by Gasteiger charge is 2.61. The third-order valence-electron chi connectivity index (χ3n) is 6.67. The number of hydrogen-bond donors (Lipinski definition) is 1. The second-order valence-electron chi connectivity index (χ2n) is 8.64. The van der Waals surface area contributed by atoms with Crippen LogP contribution in [0.2, 0.25) is 0 Å². The van der Waals surface area contributed by atoms with E-state index in [1.54, 1.807) is 12.1 Å². The number of anilines is 2. The first-order valence-corrected chi connectivity index (χ1v) is 12.0. The molecule has 5 rings (SSSR count). The molecule has 2 aliphatic carbocycles. The zero-order valence-electron chi connectivity index (χ0n) is 17.4. The molecule has 3 amide bonds. The maximum absolute atomic E-state index is 13.0. The monoisotopic (exact) mass is 454 g/mol. The molecule has 0 radical (unpaired) electrons. The van der Waals surface area contributed by atoms with Crippen LogP contribution in [0.25, 0.3) is 0 Å². The second kappa shape index (κ2) is 7.44. The molecule has 8 nitrogen and oxygen atoms in total. The molecule has 166 valence electrons. The van der Waals surface area contributed by atoms with E-state index in [1.807, 2.05) is 0 Å². The number of nitrogens with zero attached hydrogens (tertiary/aromatic N) is 1. The topological polar surface area (TPSA) is 110 Å². The molecule has 2 aromatic carbocycles. The van der Waals surface area contributed by atoms with Crippen molar-refractivity contribution in [3.05, 3.63) is 48.5 Å². The highest BCUT2D eigenvalue weighted by Crippen LogP contribution is 2.56. The number of hydrogen-bond acceptors (Lipinski definition) is 6. The van der Waals surface area contributed by atoms with Crippen LogP contribution in [0.1, 0.15) is 26.2 Å². The minimum Gasteiger partial charge on any atom is -0.379 e. The molecule has 3 fully saturated rings. The molecule has 0 aromatic heterocycles. The molecular weight excluding hydrogens is 432 g/mol. The summed E-state index contributed by atoms with van der Waals surface area (Å²) >= 11 is 0. The first-order chi connectivity index (χ1) is 15.2. The van der Waals surface area contributed by atoms with Crippen LogP contribution in [0, 0.1) is 23.7 Å². The lowest BCUT2D eigenvalue weighted by atomic mass is 9.81. The summed E-state index contributed by atoms with van der Waals surface area (Å²) in [7, 11) is -4.15. The van der Waals surface area contributed by atoms with Crippen molar-refractivity contribution in [3.8, 4) is 5.75 Å². The van der Waals surface area contributed by atoms with E-state index in [4.69, 9.17) is 4.18 Å². The van der Waals surface area contributed by atoms with E-state index >= 15 is 0 Å². The molecule has 32 heavy (non-hydrogen) atoms. The Morgan fingerprint density at radius 1 is 1.00 bits per heavy atom. The summed E-state index contributed by atoms with van der Waals surface area (Å²) in [5, 5.41) is 2.56. The Hall–Kier alpha value is -3.20. The Morgan fingerprint density at radius 3 is 2.22 bits per heavy atom. The number of carbonyl (C=O) groups excluding carboxylic acids is 3. The average molecular weight is 455 g/mol. The quantitative estimate of drug-likeness (QED) is 0.550. The number of fused-ring (bicyclic) bond motifs is 5. The maximum atomic E-state index is 13.0. The number of nitrogens with one attached hydrogen (secondary N) is 1. The Bertz CT molecular complexity index is 1200. The number of rotatable bonds is 5. The lowest BCUT2D eigenvalue weighted by Gasteiger charge is -2.19. The van der Waals surface area contributed by atoms with Crippen molar-refractivity contribution in [1.82, 2.24) is 0 Å². The largest absolute Gasteiger partial charge is 0.379 e. The van der Waals surface area contributed by atoms with Crippen LogP contribution in [0.15, 0.2) is 53.4 Å². The minimum absolute atomic E-state index is 0.00840. The normalized spacial score (nSPS) is 26.3. The fraction of sp³-hybridized carbons (Fsp3) is 0.348. The number of imide groups is 1. The number of benzene rings is 2. The van der Waals surface area contributed by atoms with Crippen molar-refractivity contribution in [2.24, 2.45) is 23.7 Å². The molecule has 1 N–H and O–H groups in total. The van der Waals surface area contributed by atoms with Gasteiger partial charge in [-0.15, -0.1) is 0 Å². The second-order valence-corrected chi connectivity index (χ2v) is 10.2. The van der Waals surface area contributed by atoms with Gasteiger partial charge in [-0.25, -0.2) is 4.90 Å². The van der Waals surface area contributed by atoms with Crippen molar-refractivity contribution in [2.75, 3.05) is 10.2 Å². The van der Waals surface area contributed by atoms with E-state index in [9.17, 15) is 22.8 Å². The lowest BCUT2D eigenvalue weighted by molar-refractivity contribution is -0.123. The van der Waals surface area contributed by atoms with Gasteiger partial charge in [0.05, 0.1) is 17.5 Å². The Balaban J connectivity index is 1.37. The van der Waals surface area contributed by atoms with Crippen molar-refractivity contribution in [1.29, 1.82) is 0 Å². The van der Waals surface area contributed by atoms with Gasteiger partial charge in [-0.3, -0.25) is 14.4 Å². The standard InChI is InChI=1S/C23H22N2O6S/c1-13(26)24-16-7-9-19(10-8-16)32(29,30)31-18-4-2-3-17(12-18)25-22(27)20-14-5-6-15(11-14)21(20)23(25)28/h2-4,7-10,12,14-15,20-21H,5-6,11H2,1H3,(H,24,26). The highest BCUT2D eigenvalue weighted by molar-refractivity contribution is 7.87. The molecule has 1 saturated heterocycles. The molecule has 2 bridgehead atoms. The molecule has 9 heteroatoms. The fourth-order valence-corrected chi connectivity index (χ4v) is 6.34. The predicted octanol–water partition coefficient (Wildman–Crippen LogP) is 2.95. The molecular formula is C23H22N2O6S. The van der Waals surface area contributed by atoms with Crippen molar-refractivity contribution in [3.63, 3.8) is 0 Å². The zero-order valence-corrected chi connectivity index (χ0v) is 18.2. The van der Waals surface area contributed by atoms with Crippen LogP contribution in [0.5, 0.6) is 5.75 Å². The summed E-state index contributed by atoms with van der Waals surface area (Å²) in [5.74, 6) is -0.612. The highest BCUT2D eigenvalue weighted by atomic mass is 32.2. The molecule has 0 spiro atoms. The molecule has 4 atom stereocenters. The van der Waals surface area contributed by atoms with Gasteiger partial charge in [-0.2, -0.15) is 8.42 Å². The molecule has 2 aromatic rings. The van der Waals surface area contributed by atoms with Crippen LogP contribution in [-0.2, 0) is 24.5 Å². The van der Waals surface area contributed by atoms with Gasteiger partial charge in [0.1, 0.15) is 10.6 Å². The molecule has 4 unspecified atom stereocenters. The van der Waals surface area contributed by atoms with Crippen LogP contribution in [0.3, 0.4) is 0 Å². The van der Waals surface area contributed by atoms with E-state index < -0.39 is 10.1 Å². The van der Waals surface area contributed by atoms with Gasteiger partial charge >= 0.3 is 10.1 Å². The Kier molecular flexibility index (Phi) is 4.81. The summed E-state index contributed by atoms with van der Waals surface area (Å²) in [6, 6.07) is 11.6. The number of carbonyl (C=O) groups is 3. The molecule has 2 saturated carbocycles. The van der Waals surface area contributed by atoms with Gasteiger partial charge < -0.3 is 9.50 Å². The first kappa shape index (κ1) is 20.7. The fourth-order valence-electron chi connectivity index (χ4n) is 5.42. The smallest absolute Gasteiger partial charge is 0.339 e. The minimum atomic E-state index is -4.15. The third kappa shape index (κ3) is 3.37. The van der Waals surface area contributed by atoms with Crippen molar-refractivity contribution >= 4 is 39.2 Å². The predicted molar refractivity (Wildman–Crippen MR) is 115 cm³/mol. The molecule has 1 aliphatic heterocycles. The van der Waals surface area contributed by atoms with Crippen molar-refractivity contribution in [2.45, 2.75) is 31.1 Å². The van der Waals surface area contributed by atoms with Gasteiger partial charge in [0, 0.05) is 18.7 Å². The SMILES string of the molecule is CC(=O)Nc1ccc(S(=O)(=O)Oc2cccc(N3C(=O)C4C5CCC(C5)C4C3=O)c2)cc1. The van der Waals surface area contributed by atoms with E-state index in [2.05, 4.69) is 5.32 Å². The van der Waals surface area contributed by atoms with Gasteiger partial charge in [-0.05, 0) is 67.5 Å². The Morgan fingerprint density at radius 2 is 1.62 bits per heavy atom. The van der Waals surface area contributed by atoms with Gasteiger partial charge in [-0.1, -0.05) is 6.07 Å². The van der Waals surface area contributed by atoms with E-state index in [1.165, 1.54) is 48.2 Å². The summed E-state index contributed by atoms with van der Waals surface area (Å²) < 4.78 is 30.6. The average Bonchev–Trinajstić information content (AvgIpc) is 3.41. The molecule has 1 heterocycles. The van der Waals surface area contributed by atoms with Crippen LogP contribution in [0.4, 0.5) is 11.4 Å². The van der Waals surface area contributed by atoms with Crippen LogP contribution in [-0.4, -0.2) is 26.1 Å². The van der Waals surface area contributed by atoms with E-state index in [-0.39, 0.29) is 52.0 Å². The Labute approximate surface area is 185 Å². The maximum Gasteiger partial charge on any atom is 0.339 e. The van der Waals surface area contributed by atoms with Gasteiger partial charge in [0.15, 0.2) is 0 Å². The molecule has 3 aliphatic rings. The van der Waals surface area contributed by atoms with Crippen LogP contribution >= 0.6 is 0 Å². The summed E-state index contributed by atoms with van der Waals surface area (Å²) in [6.07, 6.45) is 2.92. The third-order valence-corrected chi connectivity index (χ3v) is 7.93.